The zero-order valence-electron chi connectivity index (χ0n) is 9.12. The Hall–Kier alpha value is -1.49. The lowest BCUT2D eigenvalue weighted by Gasteiger charge is -2.09. The summed E-state index contributed by atoms with van der Waals surface area (Å²) in [6.45, 7) is 0. The van der Waals surface area contributed by atoms with Crippen LogP contribution in [0.2, 0.25) is 0 Å². The molecule has 0 aliphatic heterocycles. The molecule has 3 nitrogen and oxygen atoms in total. The second-order valence-corrected chi connectivity index (χ2v) is 4.46. The molecule has 1 aliphatic carbocycles. The SMILES string of the molecule is NC1CCCC1c1nc2ccc(F)c(F)c2o1. The molecule has 1 aliphatic rings. The molecule has 2 atom stereocenters. The fourth-order valence-corrected chi connectivity index (χ4v) is 2.41. The number of hydrogen-bond donors (Lipinski definition) is 1. The number of nitrogens with zero attached hydrogens (tertiary/aromatic N) is 1. The number of rotatable bonds is 1. The van der Waals surface area contributed by atoms with E-state index in [9.17, 15) is 8.78 Å². The van der Waals surface area contributed by atoms with Gasteiger partial charge in [0.1, 0.15) is 5.52 Å². The third kappa shape index (κ3) is 1.61. The molecule has 17 heavy (non-hydrogen) atoms. The Kier molecular flexibility index (Phi) is 2.36. The molecule has 0 amide bonds. The maximum atomic E-state index is 13.5. The molecule has 1 heterocycles. The van der Waals surface area contributed by atoms with E-state index in [4.69, 9.17) is 10.2 Å². The minimum absolute atomic E-state index is 0.00373. The third-order valence-corrected chi connectivity index (χ3v) is 3.35. The highest BCUT2D eigenvalue weighted by Crippen LogP contribution is 2.35. The van der Waals surface area contributed by atoms with E-state index in [1.807, 2.05) is 0 Å². The number of halogens is 2. The fourth-order valence-electron chi connectivity index (χ4n) is 2.41. The molecular weight excluding hydrogens is 226 g/mol. The van der Waals surface area contributed by atoms with Crippen LogP contribution in [0.4, 0.5) is 8.78 Å². The van der Waals surface area contributed by atoms with Crippen molar-refractivity contribution in [3.8, 4) is 0 Å². The summed E-state index contributed by atoms with van der Waals surface area (Å²) < 4.78 is 31.8. The maximum Gasteiger partial charge on any atom is 0.203 e. The van der Waals surface area contributed by atoms with E-state index in [-0.39, 0.29) is 17.5 Å². The molecule has 90 valence electrons. The number of nitrogens with two attached hydrogens (primary N) is 1. The number of hydrogen-bond acceptors (Lipinski definition) is 3. The van der Waals surface area contributed by atoms with Crippen molar-refractivity contribution in [2.24, 2.45) is 5.73 Å². The Morgan fingerprint density at radius 1 is 1.29 bits per heavy atom. The Balaban J connectivity index is 2.10. The van der Waals surface area contributed by atoms with Crippen molar-refractivity contribution in [3.63, 3.8) is 0 Å². The number of oxazole rings is 1. The van der Waals surface area contributed by atoms with Crippen LogP contribution in [0.1, 0.15) is 31.1 Å². The van der Waals surface area contributed by atoms with E-state index in [0.717, 1.165) is 25.3 Å². The summed E-state index contributed by atoms with van der Waals surface area (Å²) in [4.78, 5) is 4.19. The summed E-state index contributed by atoms with van der Waals surface area (Å²) in [5.74, 6) is -1.46. The summed E-state index contributed by atoms with van der Waals surface area (Å²) in [7, 11) is 0. The lowest BCUT2D eigenvalue weighted by Crippen LogP contribution is -2.22. The summed E-state index contributed by atoms with van der Waals surface area (Å²) in [5, 5.41) is 0. The smallest absolute Gasteiger partial charge is 0.203 e. The second-order valence-electron chi connectivity index (χ2n) is 4.46. The Labute approximate surface area is 96.6 Å². The minimum Gasteiger partial charge on any atom is -0.437 e. The number of fused-ring (bicyclic) bond motifs is 1. The van der Waals surface area contributed by atoms with Gasteiger partial charge < -0.3 is 10.2 Å². The van der Waals surface area contributed by atoms with Gasteiger partial charge in [-0.1, -0.05) is 6.42 Å². The van der Waals surface area contributed by atoms with E-state index in [1.165, 1.54) is 6.07 Å². The summed E-state index contributed by atoms with van der Waals surface area (Å²) in [6, 6.07) is 2.47. The Bertz CT molecular complexity index is 567. The van der Waals surface area contributed by atoms with Crippen molar-refractivity contribution in [1.82, 2.24) is 4.98 Å². The van der Waals surface area contributed by atoms with E-state index in [2.05, 4.69) is 4.98 Å². The van der Waals surface area contributed by atoms with E-state index < -0.39 is 11.6 Å². The lowest BCUT2D eigenvalue weighted by atomic mass is 10.1. The van der Waals surface area contributed by atoms with Gasteiger partial charge in [0.15, 0.2) is 17.3 Å². The minimum atomic E-state index is -0.979. The highest BCUT2D eigenvalue weighted by Gasteiger charge is 2.30. The molecule has 0 radical (unpaired) electrons. The molecule has 0 saturated heterocycles. The van der Waals surface area contributed by atoms with Gasteiger partial charge in [0, 0.05) is 6.04 Å². The first-order chi connectivity index (χ1) is 8.16. The first-order valence-corrected chi connectivity index (χ1v) is 5.67. The molecule has 0 spiro atoms. The van der Waals surface area contributed by atoms with Crippen LogP contribution in [0, 0.1) is 11.6 Å². The Morgan fingerprint density at radius 3 is 2.82 bits per heavy atom. The quantitative estimate of drug-likeness (QED) is 0.831. The molecule has 0 bridgehead atoms. The van der Waals surface area contributed by atoms with E-state index in [1.54, 1.807) is 0 Å². The molecule has 5 heteroatoms. The van der Waals surface area contributed by atoms with Crippen LogP contribution in [-0.2, 0) is 0 Å². The lowest BCUT2D eigenvalue weighted by molar-refractivity contribution is 0.431. The molecule has 2 aromatic rings. The molecule has 2 unspecified atom stereocenters. The van der Waals surface area contributed by atoms with Crippen molar-refractivity contribution in [2.75, 3.05) is 0 Å². The molecule has 2 N–H and O–H groups in total. The fraction of sp³-hybridized carbons (Fsp3) is 0.417. The molecule has 1 fully saturated rings. The van der Waals surface area contributed by atoms with Crippen molar-refractivity contribution in [3.05, 3.63) is 29.7 Å². The average molecular weight is 238 g/mol. The van der Waals surface area contributed by atoms with Crippen LogP contribution in [0.5, 0.6) is 0 Å². The second kappa shape index (κ2) is 3.77. The molecule has 3 rings (SSSR count). The van der Waals surface area contributed by atoms with Gasteiger partial charge in [0.2, 0.25) is 5.82 Å². The third-order valence-electron chi connectivity index (χ3n) is 3.35. The van der Waals surface area contributed by atoms with E-state index >= 15 is 0 Å². The first-order valence-electron chi connectivity index (χ1n) is 5.67. The first kappa shape index (κ1) is 10.7. The number of aromatic nitrogens is 1. The summed E-state index contributed by atoms with van der Waals surface area (Å²) in [6.07, 6.45) is 2.82. The van der Waals surface area contributed by atoms with Crippen molar-refractivity contribution in [1.29, 1.82) is 0 Å². The molecule has 1 saturated carbocycles. The van der Waals surface area contributed by atoms with Gasteiger partial charge in [0.05, 0.1) is 5.92 Å². The molecule has 1 aromatic heterocycles. The van der Waals surface area contributed by atoms with Crippen molar-refractivity contribution < 1.29 is 13.2 Å². The zero-order valence-corrected chi connectivity index (χ0v) is 9.12. The monoisotopic (exact) mass is 238 g/mol. The summed E-state index contributed by atoms with van der Waals surface area (Å²) >= 11 is 0. The highest BCUT2D eigenvalue weighted by atomic mass is 19.2. The molecule has 1 aromatic carbocycles. The summed E-state index contributed by atoms with van der Waals surface area (Å²) in [5.41, 5.74) is 6.17. The Morgan fingerprint density at radius 2 is 2.12 bits per heavy atom. The standard InChI is InChI=1S/C12H12F2N2O/c13-7-4-5-9-11(10(7)14)17-12(16-9)6-2-1-3-8(6)15/h4-6,8H,1-3,15H2. The van der Waals surface area contributed by atoms with Crippen LogP contribution in [0.3, 0.4) is 0 Å². The molecular formula is C12H12F2N2O. The van der Waals surface area contributed by atoms with Crippen molar-refractivity contribution in [2.45, 2.75) is 31.2 Å². The maximum absolute atomic E-state index is 13.5. The van der Waals surface area contributed by atoms with Gasteiger partial charge in [-0.3, -0.25) is 0 Å². The van der Waals surface area contributed by atoms with Gasteiger partial charge in [-0.25, -0.2) is 9.37 Å². The van der Waals surface area contributed by atoms with Gasteiger partial charge in [-0.05, 0) is 25.0 Å². The van der Waals surface area contributed by atoms with Crippen LogP contribution in [-0.4, -0.2) is 11.0 Å². The highest BCUT2D eigenvalue weighted by molar-refractivity contribution is 5.73. The van der Waals surface area contributed by atoms with Crippen molar-refractivity contribution >= 4 is 11.1 Å². The topological polar surface area (TPSA) is 52.0 Å². The largest absolute Gasteiger partial charge is 0.437 e. The van der Waals surface area contributed by atoms with Crippen LogP contribution >= 0.6 is 0 Å². The average Bonchev–Trinajstić information content (AvgIpc) is 2.89. The van der Waals surface area contributed by atoms with Crippen LogP contribution in [0.25, 0.3) is 11.1 Å². The van der Waals surface area contributed by atoms with Crippen LogP contribution < -0.4 is 5.73 Å². The van der Waals surface area contributed by atoms with Crippen LogP contribution in [0.15, 0.2) is 16.5 Å². The van der Waals surface area contributed by atoms with Gasteiger partial charge in [-0.2, -0.15) is 4.39 Å². The van der Waals surface area contributed by atoms with Gasteiger partial charge in [0.25, 0.3) is 0 Å². The number of benzene rings is 1. The van der Waals surface area contributed by atoms with E-state index in [0.29, 0.717) is 11.4 Å². The predicted octanol–water partition coefficient (Wildman–Crippen LogP) is 2.70. The zero-order chi connectivity index (χ0) is 12.0. The van der Waals surface area contributed by atoms with Gasteiger partial charge >= 0.3 is 0 Å². The predicted molar refractivity (Wildman–Crippen MR) is 58.5 cm³/mol. The van der Waals surface area contributed by atoms with Gasteiger partial charge in [-0.15, -0.1) is 0 Å². The normalized spacial score (nSPS) is 24.6.